The molecule has 12 nitrogen and oxygen atoms in total. The van der Waals surface area contributed by atoms with E-state index >= 15 is 0 Å². The number of aliphatic hydroxyl groups excluding tert-OH is 3. The second-order valence-electron chi connectivity index (χ2n) is 19.0. The third-order valence-corrected chi connectivity index (χ3v) is 15.0. The molecule has 4 saturated heterocycles. The predicted molar refractivity (Wildman–Crippen MR) is 255 cm³/mol. The monoisotopic (exact) mass is 984 g/mol. The number of pyridine rings is 1. The number of nitrogens with zero attached hydrogens (tertiary/aromatic N) is 4. The van der Waals surface area contributed by atoms with Gasteiger partial charge in [-0.25, -0.2) is 0 Å². The summed E-state index contributed by atoms with van der Waals surface area (Å²) in [4.78, 5) is 45.8. The molecule has 4 fully saturated rings. The Kier molecular flexibility index (Phi) is 20.5. The number of halogens is 1. The molecule has 10 atom stereocenters. The van der Waals surface area contributed by atoms with Crippen LogP contribution >= 0.6 is 0 Å². The van der Waals surface area contributed by atoms with Gasteiger partial charge in [-0.2, -0.15) is 0 Å². The fourth-order valence-corrected chi connectivity index (χ4v) is 10.8. The second-order valence-corrected chi connectivity index (χ2v) is 19.0. The number of esters is 2. The zero-order chi connectivity index (χ0) is 47.2. The number of benzene rings is 3. The molecule has 0 saturated carbocycles. The number of ether oxygens (including phenoxy) is 2. The molecule has 364 valence electrons. The van der Waals surface area contributed by atoms with Crippen molar-refractivity contribution in [3.63, 3.8) is 0 Å². The molecule has 6 unspecified atom stereocenters. The number of hydrogen-bond acceptors (Lipinski definition) is 10. The first-order valence-corrected chi connectivity index (χ1v) is 24.0. The Morgan fingerprint density at radius 2 is 1.06 bits per heavy atom. The molecule has 4 bridgehead atoms. The number of amides is 1. The van der Waals surface area contributed by atoms with E-state index in [1.54, 1.807) is 17.3 Å². The van der Waals surface area contributed by atoms with E-state index in [9.17, 15) is 29.7 Å². The van der Waals surface area contributed by atoms with E-state index < -0.39 is 17.8 Å². The van der Waals surface area contributed by atoms with Crippen molar-refractivity contribution in [1.82, 2.24) is 14.8 Å². The topological polar surface area (TPSA) is 150 Å². The summed E-state index contributed by atoms with van der Waals surface area (Å²) in [5.41, 5.74) is 3.52. The van der Waals surface area contributed by atoms with Crippen LogP contribution in [-0.2, 0) is 30.4 Å². The van der Waals surface area contributed by atoms with Gasteiger partial charge in [0, 0.05) is 63.3 Å². The molecular formula is C54H73BrN4O8. The van der Waals surface area contributed by atoms with Gasteiger partial charge in [-0.05, 0) is 87.9 Å². The van der Waals surface area contributed by atoms with E-state index in [2.05, 4.69) is 37.8 Å². The van der Waals surface area contributed by atoms with Crippen molar-refractivity contribution in [2.24, 2.45) is 0 Å². The van der Waals surface area contributed by atoms with Crippen molar-refractivity contribution in [3.05, 3.63) is 138 Å². The van der Waals surface area contributed by atoms with Gasteiger partial charge in [0.1, 0.15) is 24.0 Å². The molecule has 5 heterocycles. The second kappa shape index (κ2) is 25.7. The van der Waals surface area contributed by atoms with Crippen LogP contribution < -0.4 is 17.0 Å². The summed E-state index contributed by atoms with van der Waals surface area (Å²) in [6, 6.07) is 34.9. The lowest BCUT2D eigenvalue weighted by Crippen LogP contribution is -3.00. The molecule has 3 aromatic carbocycles. The highest BCUT2D eigenvalue weighted by molar-refractivity contribution is 5.84. The van der Waals surface area contributed by atoms with Crippen LogP contribution in [0.3, 0.4) is 0 Å². The summed E-state index contributed by atoms with van der Waals surface area (Å²) in [5, 5.41) is 28.8. The van der Waals surface area contributed by atoms with Gasteiger partial charge in [-0.1, -0.05) is 91.0 Å². The van der Waals surface area contributed by atoms with Gasteiger partial charge in [-0.3, -0.25) is 19.4 Å². The van der Waals surface area contributed by atoms with Gasteiger partial charge < -0.3 is 56.1 Å². The molecule has 1 amide bonds. The number of carbonyl (C=O) groups excluding carboxylic acids is 3. The molecule has 3 N–H and O–H groups in total. The predicted octanol–water partition coefficient (Wildman–Crippen LogP) is 4.00. The van der Waals surface area contributed by atoms with E-state index in [-0.39, 0.29) is 66.9 Å². The van der Waals surface area contributed by atoms with E-state index in [0.29, 0.717) is 43.3 Å². The summed E-state index contributed by atoms with van der Waals surface area (Å²) in [6.45, 7) is 7.08. The number of carbonyl (C=O) groups is 3. The zero-order valence-corrected chi connectivity index (χ0v) is 41.6. The van der Waals surface area contributed by atoms with Gasteiger partial charge >= 0.3 is 11.9 Å². The molecule has 67 heavy (non-hydrogen) atoms. The van der Waals surface area contributed by atoms with Crippen LogP contribution in [0.1, 0.15) is 112 Å². The van der Waals surface area contributed by atoms with Gasteiger partial charge in [0.2, 0.25) is 5.91 Å². The summed E-state index contributed by atoms with van der Waals surface area (Å²) in [6.07, 6.45) is 12.1. The molecule has 13 heteroatoms. The van der Waals surface area contributed by atoms with Crippen molar-refractivity contribution in [2.45, 2.75) is 139 Å². The maximum atomic E-state index is 12.7. The lowest BCUT2D eigenvalue weighted by Gasteiger charge is -2.49. The lowest BCUT2D eigenvalue weighted by atomic mass is 9.94. The number of aromatic nitrogens is 1. The first-order valence-electron chi connectivity index (χ1n) is 24.0. The molecule has 8 rings (SSSR count). The van der Waals surface area contributed by atoms with Crippen molar-refractivity contribution < 1.29 is 60.6 Å². The Morgan fingerprint density at radius 1 is 0.657 bits per heavy atom. The molecule has 0 aliphatic carbocycles. The van der Waals surface area contributed by atoms with Gasteiger partial charge in [-0.15, -0.1) is 0 Å². The average molecular weight is 986 g/mol. The van der Waals surface area contributed by atoms with Crippen LogP contribution in [0.15, 0.2) is 116 Å². The minimum Gasteiger partial charge on any atom is -1.00 e. The maximum Gasteiger partial charge on any atom is 0.316 e. The third kappa shape index (κ3) is 13.4. The normalized spacial score (nSPS) is 25.1. The Balaban J connectivity index is 0.000000187. The molecule has 4 aromatic rings. The minimum absolute atomic E-state index is 0. The summed E-state index contributed by atoms with van der Waals surface area (Å²) < 4.78 is 12.7. The summed E-state index contributed by atoms with van der Waals surface area (Å²) >= 11 is 0. The van der Waals surface area contributed by atoms with Crippen LogP contribution in [0.5, 0.6) is 0 Å². The average Bonchev–Trinajstić information content (AvgIpc) is 3.61. The van der Waals surface area contributed by atoms with Crippen molar-refractivity contribution in [2.75, 3.05) is 40.5 Å². The highest BCUT2D eigenvalue weighted by Crippen LogP contribution is 2.44. The number of quaternary nitrogens is 1. The van der Waals surface area contributed by atoms with Gasteiger partial charge in [0.15, 0.2) is 0 Å². The first-order chi connectivity index (χ1) is 31.9. The fourth-order valence-electron chi connectivity index (χ4n) is 10.8. The number of aliphatic hydroxyl groups is 3. The number of rotatable bonds is 15. The Labute approximate surface area is 408 Å². The molecular weight excluding hydrogens is 913 g/mol. The largest absolute Gasteiger partial charge is 1.00 e. The highest BCUT2D eigenvalue weighted by atomic mass is 79.9. The van der Waals surface area contributed by atoms with Crippen molar-refractivity contribution in [1.29, 1.82) is 0 Å². The van der Waals surface area contributed by atoms with Crippen LogP contribution in [0.4, 0.5) is 0 Å². The number of fused-ring (bicyclic) bond motifs is 4. The van der Waals surface area contributed by atoms with Crippen molar-refractivity contribution >= 4 is 17.8 Å². The Hall–Kier alpha value is -4.50. The molecule has 4 aliphatic heterocycles. The van der Waals surface area contributed by atoms with Crippen LogP contribution in [0.2, 0.25) is 0 Å². The van der Waals surface area contributed by atoms with Gasteiger partial charge in [0.25, 0.3) is 0 Å². The SMILES string of the molecule is CC(C)[N+]1(C)[C@@H]2CC[C@H]1CC(OC(=O)C(CO)c1ccccc1)C2.CCN(Cc1ccncc1)C(=O)C(CO)c1ccccc1.CN1[C@@H]2CC[C@H]1CC(OC(=O)C(CO)c1ccccc1)C2.[Br-]. The minimum atomic E-state index is -0.572. The van der Waals surface area contributed by atoms with E-state index in [4.69, 9.17) is 9.47 Å². The van der Waals surface area contributed by atoms with Crippen LogP contribution in [-0.4, -0.2) is 135 Å². The molecule has 0 radical (unpaired) electrons. The van der Waals surface area contributed by atoms with E-state index in [1.807, 2.05) is 110 Å². The van der Waals surface area contributed by atoms with E-state index in [0.717, 1.165) is 52.4 Å². The molecule has 1 aromatic heterocycles. The standard InChI is InChI=1S/C20H30NO3.C17H20N2O2.C17H23NO3.BrH/c1-14(2)21(3)16-9-10-17(21)12-18(11-16)24-20(23)19(13-22)15-7-5-4-6-8-15;1-2-19(12-14-8-10-18-11-9-14)17(21)16(13-20)15-6-4-3-5-7-15;1-18-13-7-8-14(18)10-15(9-13)21-17(20)16(11-19)12-5-3-2-4-6-12;/h4-8,14,16-19,22H,9-13H2,1-3H3;3-11,16,20H,2,12-13H2,1H3;2-6,13-16,19H,7-11H2,1H3;1H/q+1;;;/p-1/t16-,17+,18?,19?,21?;;13-,14+,15?,16?;. The molecule has 0 spiro atoms. The Bertz CT molecular complexity index is 2070. The number of likely N-dealkylation sites (N-methyl/N-ethyl adjacent to an activating group) is 1. The van der Waals surface area contributed by atoms with Crippen LogP contribution in [0.25, 0.3) is 0 Å². The third-order valence-electron chi connectivity index (χ3n) is 15.0. The highest BCUT2D eigenvalue weighted by Gasteiger charge is 2.54. The quantitative estimate of drug-likeness (QED) is 0.118. The number of piperidine rings is 2. The van der Waals surface area contributed by atoms with Crippen molar-refractivity contribution in [3.8, 4) is 0 Å². The lowest BCUT2D eigenvalue weighted by molar-refractivity contribution is -0.968. The fraction of sp³-hybridized carbons (Fsp3) is 0.519. The zero-order valence-electron chi connectivity index (χ0n) is 40.0. The molecule has 4 aliphatic rings. The smallest absolute Gasteiger partial charge is 0.316 e. The maximum absolute atomic E-state index is 12.7. The summed E-state index contributed by atoms with van der Waals surface area (Å²) in [7, 11) is 4.53. The summed E-state index contributed by atoms with van der Waals surface area (Å²) in [5.74, 6) is -2.28. The van der Waals surface area contributed by atoms with Crippen LogP contribution in [0, 0.1) is 0 Å². The first kappa shape index (κ1) is 53.5. The number of hydrogen-bond donors (Lipinski definition) is 3. The van der Waals surface area contributed by atoms with E-state index in [1.165, 1.54) is 25.7 Å². The Morgan fingerprint density at radius 3 is 1.45 bits per heavy atom. The van der Waals surface area contributed by atoms with Gasteiger partial charge in [0.05, 0.1) is 50.9 Å².